The van der Waals surface area contributed by atoms with Gasteiger partial charge in [0.2, 0.25) is 5.91 Å². The van der Waals surface area contributed by atoms with Crippen LogP contribution in [0.3, 0.4) is 0 Å². The number of nitrogens with one attached hydrogen (secondary N) is 1. The molecular weight excluding hydrogens is 360 g/mol. The number of carbonyl (C=O) groups excluding carboxylic acids is 1. The molecule has 2 aromatic heterocycles. The van der Waals surface area contributed by atoms with Crippen LogP contribution in [0.1, 0.15) is 57.1 Å². The lowest BCUT2D eigenvalue weighted by Crippen LogP contribution is -2.30. The summed E-state index contributed by atoms with van der Waals surface area (Å²) in [6, 6.07) is 10.1. The molecule has 1 saturated carbocycles. The molecule has 0 unspecified atom stereocenters. The van der Waals surface area contributed by atoms with Gasteiger partial charge in [-0.1, -0.05) is 44.4 Å². The molecule has 1 aromatic carbocycles. The monoisotopic (exact) mass is 388 g/mol. The van der Waals surface area contributed by atoms with E-state index < -0.39 is 0 Å². The highest BCUT2D eigenvalue weighted by Gasteiger charge is 2.21. The van der Waals surface area contributed by atoms with E-state index in [9.17, 15) is 4.79 Å². The van der Waals surface area contributed by atoms with Gasteiger partial charge in [0.25, 0.3) is 0 Å². The van der Waals surface area contributed by atoms with Crippen LogP contribution in [0.2, 0.25) is 0 Å². The van der Waals surface area contributed by atoms with Gasteiger partial charge in [0.15, 0.2) is 0 Å². The van der Waals surface area contributed by atoms with Crippen molar-refractivity contribution in [3.63, 3.8) is 0 Å². The summed E-state index contributed by atoms with van der Waals surface area (Å²) < 4.78 is 6.10. The predicted octanol–water partition coefficient (Wildman–Crippen LogP) is 6.11. The second-order valence-electron chi connectivity index (χ2n) is 7.91. The Morgan fingerprint density at radius 2 is 2.00 bits per heavy atom. The van der Waals surface area contributed by atoms with E-state index in [1.54, 1.807) is 0 Å². The number of fused-ring (bicyclic) bond motifs is 1. The SMILES string of the molecule is CCc1cncc(-c2cc3ccccc3o2)c1/C=C(\C)NC(=O)C1CCCCC1. The topological polar surface area (TPSA) is 55.1 Å². The summed E-state index contributed by atoms with van der Waals surface area (Å²) in [6.45, 7) is 4.08. The van der Waals surface area contributed by atoms with E-state index in [1.807, 2.05) is 43.6 Å². The minimum Gasteiger partial charge on any atom is -0.456 e. The van der Waals surface area contributed by atoms with Crippen LogP contribution in [-0.2, 0) is 11.2 Å². The van der Waals surface area contributed by atoms with Crippen molar-refractivity contribution in [1.29, 1.82) is 0 Å². The van der Waals surface area contributed by atoms with Crippen LogP contribution in [0.4, 0.5) is 0 Å². The van der Waals surface area contributed by atoms with Gasteiger partial charge in [-0.3, -0.25) is 9.78 Å². The fourth-order valence-corrected chi connectivity index (χ4v) is 4.19. The van der Waals surface area contributed by atoms with Crippen molar-refractivity contribution in [3.8, 4) is 11.3 Å². The second kappa shape index (κ2) is 8.64. The molecule has 1 amide bonds. The summed E-state index contributed by atoms with van der Waals surface area (Å²) in [5.74, 6) is 1.09. The molecule has 3 aromatic rings. The Bertz CT molecular complexity index is 1010. The van der Waals surface area contributed by atoms with Crippen molar-refractivity contribution >= 4 is 23.0 Å². The average molecular weight is 389 g/mol. The molecule has 0 aliphatic heterocycles. The van der Waals surface area contributed by atoms with Gasteiger partial charge in [0.1, 0.15) is 11.3 Å². The van der Waals surface area contributed by atoms with Crippen LogP contribution in [-0.4, -0.2) is 10.9 Å². The van der Waals surface area contributed by atoms with Gasteiger partial charge in [-0.2, -0.15) is 0 Å². The Morgan fingerprint density at radius 1 is 1.21 bits per heavy atom. The fraction of sp³-hybridized carbons (Fsp3) is 0.360. The number of carbonyl (C=O) groups is 1. The van der Waals surface area contributed by atoms with Gasteiger partial charge in [-0.25, -0.2) is 0 Å². The molecule has 0 spiro atoms. The molecule has 1 fully saturated rings. The van der Waals surface area contributed by atoms with Crippen LogP contribution >= 0.6 is 0 Å². The fourth-order valence-electron chi connectivity index (χ4n) is 4.19. The molecule has 4 nitrogen and oxygen atoms in total. The van der Waals surface area contributed by atoms with E-state index in [1.165, 1.54) is 6.42 Å². The normalized spacial score (nSPS) is 15.6. The Balaban J connectivity index is 1.66. The lowest BCUT2D eigenvalue weighted by atomic mass is 9.88. The van der Waals surface area contributed by atoms with Crippen LogP contribution in [0.15, 0.2) is 52.8 Å². The zero-order valence-electron chi connectivity index (χ0n) is 17.2. The van der Waals surface area contributed by atoms with E-state index >= 15 is 0 Å². The van der Waals surface area contributed by atoms with Crippen molar-refractivity contribution in [2.24, 2.45) is 5.92 Å². The maximum Gasteiger partial charge on any atom is 0.227 e. The van der Waals surface area contributed by atoms with Crippen molar-refractivity contribution in [2.45, 2.75) is 52.4 Å². The standard InChI is InChI=1S/C25H28N2O2/c1-3-18-15-26-16-22(24-14-20-11-7-8-12-23(20)29-24)21(18)13-17(2)27-25(28)19-9-5-4-6-10-19/h7-8,11-16,19H,3-6,9-10H2,1-2H3,(H,27,28)/b17-13+. The van der Waals surface area contributed by atoms with E-state index in [-0.39, 0.29) is 11.8 Å². The van der Waals surface area contributed by atoms with Crippen LogP contribution < -0.4 is 5.32 Å². The minimum absolute atomic E-state index is 0.144. The van der Waals surface area contributed by atoms with Gasteiger partial charge in [0, 0.05) is 35.0 Å². The number of benzene rings is 1. The molecule has 4 heteroatoms. The molecule has 1 N–H and O–H groups in total. The highest BCUT2D eigenvalue weighted by molar-refractivity contribution is 5.86. The number of amides is 1. The van der Waals surface area contributed by atoms with Gasteiger partial charge >= 0.3 is 0 Å². The number of para-hydroxylation sites is 1. The predicted molar refractivity (Wildman–Crippen MR) is 117 cm³/mol. The first kappa shape index (κ1) is 19.4. The smallest absolute Gasteiger partial charge is 0.227 e. The molecule has 0 bridgehead atoms. The summed E-state index contributed by atoms with van der Waals surface area (Å²) in [5, 5.41) is 4.20. The number of furan rings is 1. The summed E-state index contributed by atoms with van der Waals surface area (Å²) in [5.41, 5.74) is 4.87. The van der Waals surface area contributed by atoms with E-state index in [0.717, 1.165) is 71.2 Å². The van der Waals surface area contributed by atoms with E-state index in [2.05, 4.69) is 29.4 Å². The number of hydrogen-bond donors (Lipinski definition) is 1. The number of allylic oxidation sites excluding steroid dienone is 1. The Labute approximate surface area is 172 Å². The van der Waals surface area contributed by atoms with Crippen molar-refractivity contribution in [3.05, 3.63) is 59.5 Å². The quantitative estimate of drug-likeness (QED) is 0.573. The van der Waals surface area contributed by atoms with Crippen LogP contribution in [0, 0.1) is 5.92 Å². The van der Waals surface area contributed by atoms with Crippen molar-refractivity contribution in [1.82, 2.24) is 10.3 Å². The molecule has 150 valence electrons. The highest BCUT2D eigenvalue weighted by atomic mass is 16.3. The third kappa shape index (κ3) is 4.26. The van der Waals surface area contributed by atoms with Gasteiger partial charge < -0.3 is 9.73 Å². The maximum atomic E-state index is 12.6. The summed E-state index contributed by atoms with van der Waals surface area (Å²) in [6.07, 6.45) is 12.2. The molecule has 1 aliphatic rings. The maximum absolute atomic E-state index is 12.6. The highest BCUT2D eigenvalue weighted by Crippen LogP contribution is 2.32. The zero-order chi connectivity index (χ0) is 20.2. The number of pyridine rings is 1. The summed E-state index contributed by atoms with van der Waals surface area (Å²) in [4.78, 5) is 17.1. The second-order valence-corrected chi connectivity index (χ2v) is 7.91. The largest absolute Gasteiger partial charge is 0.456 e. The van der Waals surface area contributed by atoms with Crippen LogP contribution in [0.25, 0.3) is 28.4 Å². The number of aromatic nitrogens is 1. The Morgan fingerprint density at radius 3 is 2.76 bits per heavy atom. The number of rotatable bonds is 5. The first-order chi connectivity index (χ1) is 14.2. The van der Waals surface area contributed by atoms with Gasteiger partial charge in [-0.15, -0.1) is 0 Å². The Kier molecular flexibility index (Phi) is 5.79. The number of hydrogen-bond acceptors (Lipinski definition) is 3. The minimum atomic E-state index is 0.144. The molecule has 4 rings (SSSR count). The molecule has 0 atom stereocenters. The third-order valence-electron chi connectivity index (χ3n) is 5.80. The summed E-state index contributed by atoms with van der Waals surface area (Å²) in [7, 11) is 0. The van der Waals surface area contributed by atoms with Crippen LogP contribution in [0.5, 0.6) is 0 Å². The van der Waals surface area contributed by atoms with E-state index in [4.69, 9.17) is 4.42 Å². The van der Waals surface area contributed by atoms with Crippen molar-refractivity contribution < 1.29 is 9.21 Å². The lowest BCUT2D eigenvalue weighted by Gasteiger charge is -2.21. The number of aryl methyl sites for hydroxylation is 1. The third-order valence-corrected chi connectivity index (χ3v) is 5.80. The van der Waals surface area contributed by atoms with Gasteiger partial charge in [0.05, 0.1) is 0 Å². The average Bonchev–Trinajstić information content (AvgIpc) is 3.18. The zero-order valence-corrected chi connectivity index (χ0v) is 17.2. The molecule has 0 saturated heterocycles. The van der Waals surface area contributed by atoms with Gasteiger partial charge in [-0.05, 0) is 55.5 Å². The Hall–Kier alpha value is -2.88. The first-order valence-electron chi connectivity index (χ1n) is 10.6. The molecule has 0 radical (unpaired) electrons. The molecule has 1 aliphatic carbocycles. The van der Waals surface area contributed by atoms with E-state index in [0.29, 0.717) is 0 Å². The number of nitrogens with zero attached hydrogens (tertiary/aromatic N) is 1. The molecule has 29 heavy (non-hydrogen) atoms. The summed E-state index contributed by atoms with van der Waals surface area (Å²) >= 11 is 0. The van der Waals surface area contributed by atoms with Crippen molar-refractivity contribution in [2.75, 3.05) is 0 Å². The molecule has 2 heterocycles. The first-order valence-corrected chi connectivity index (χ1v) is 10.6. The molecular formula is C25H28N2O2. The lowest BCUT2D eigenvalue weighted by molar-refractivity contribution is -0.125.